The SMILES string of the molecule is CC1(C)N=c2c(Br)c3c(c(Br)c2N1C1CCCCC1)=Nc1ccccc1N3C1CCCCC1. The number of benzene rings is 2. The molecule has 6 heteroatoms. The molecule has 0 aromatic heterocycles. The van der Waals surface area contributed by atoms with Crippen molar-refractivity contribution in [1.29, 1.82) is 0 Å². The first-order chi connectivity index (χ1) is 16.0. The van der Waals surface area contributed by atoms with Crippen molar-refractivity contribution in [2.24, 2.45) is 9.98 Å². The second-order valence-electron chi connectivity index (χ2n) is 10.6. The Kier molecular flexibility index (Phi) is 5.60. The highest BCUT2D eigenvalue weighted by atomic mass is 79.9. The van der Waals surface area contributed by atoms with E-state index in [0.29, 0.717) is 12.1 Å². The van der Waals surface area contributed by atoms with Gasteiger partial charge in [-0.3, -0.25) is 4.99 Å². The second kappa shape index (κ2) is 8.37. The van der Waals surface area contributed by atoms with Crippen LogP contribution in [-0.2, 0) is 0 Å². The van der Waals surface area contributed by atoms with E-state index in [-0.39, 0.29) is 5.66 Å². The van der Waals surface area contributed by atoms with Crippen LogP contribution < -0.4 is 20.5 Å². The van der Waals surface area contributed by atoms with Gasteiger partial charge in [-0.25, -0.2) is 4.99 Å². The molecule has 4 nitrogen and oxygen atoms in total. The second-order valence-corrected chi connectivity index (χ2v) is 12.1. The van der Waals surface area contributed by atoms with E-state index < -0.39 is 0 Å². The summed E-state index contributed by atoms with van der Waals surface area (Å²) < 4.78 is 2.21. The predicted octanol–water partition coefficient (Wildman–Crippen LogP) is 7.46. The van der Waals surface area contributed by atoms with Crippen LogP contribution in [0, 0.1) is 0 Å². The molecule has 2 aliphatic carbocycles. The van der Waals surface area contributed by atoms with Crippen molar-refractivity contribution >= 4 is 54.6 Å². The summed E-state index contributed by atoms with van der Waals surface area (Å²) in [6, 6.07) is 9.68. The molecule has 2 aromatic carbocycles. The minimum Gasteiger partial charge on any atom is -0.342 e. The minimum atomic E-state index is -0.262. The first kappa shape index (κ1) is 22.1. The molecule has 174 valence electrons. The number of nitrogens with zero attached hydrogens (tertiary/aromatic N) is 4. The zero-order valence-electron chi connectivity index (χ0n) is 19.6. The zero-order chi connectivity index (χ0) is 22.7. The van der Waals surface area contributed by atoms with E-state index in [4.69, 9.17) is 9.98 Å². The van der Waals surface area contributed by atoms with E-state index in [1.807, 2.05) is 0 Å². The van der Waals surface area contributed by atoms with E-state index >= 15 is 0 Å². The number of hydrogen-bond acceptors (Lipinski definition) is 4. The molecule has 0 amide bonds. The molecule has 2 aromatic rings. The van der Waals surface area contributed by atoms with Crippen LogP contribution in [-0.4, -0.2) is 17.7 Å². The Morgan fingerprint density at radius 2 is 1.39 bits per heavy atom. The Morgan fingerprint density at radius 1 is 0.788 bits per heavy atom. The van der Waals surface area contributed by atoms with E-state index in [0.717, 1.165) is 25.3 Å². The largest absolute Gasteiger partial charge is 0.342 e. The highest BCUT2D eigenvalue weighted by molar-refractivity contribution is 9.11. The number of hydrogen-bond donors (Lipinski definition) is 0. The highest BCUT2D eigenvalue weighted by Gasteiger charge is 2.42. The number of fused-ring (bicyclic) bond motifs is 3. The Morgan fingerprint density at radius 3 is 2.09 bits per heavy atom. The molecule has 0 atom stereocenters. The molecular formula is C27H32Br2N4. The lowest BCUT2D eigenvalue weighted by atomic mass is 9.91. The molecule has 0 N–H and O–H groups in total. The fraction of sp³-hybridized carbons (Fsp3) is 0.556. The Balaban J connectivity index is 1.61. The summed E-state index contributed by atoms with van der Waals surface area (Å²) in [7, 11) is 0. The number of rotatable bonds is 2. The molecule has 2 heterocycles. The summed E-state index contributed by atoms with van der Waals surface area (Å²) in [5.74, 6) is 0. The summed E-state index contributed by atoms with van der Waals surface area (Å²) in [6.45, 7) is 4.54. The maximum Gasteiger partial charge on any atom is 0.127 e. The summed E-state index contributed by atoms with van der Waals surface area (Å²) in [5.41, 5.74) is 4.45. The van der Waals surface area contributed by atoms with Gasteiger partial charge in [0.1, 0.15) is 16.4 Å². The number of halogens is 2. The van der Waals surface area contributed by atoms with Gasteiger partial charge >= 0.3 is 0 Å². The maximum absolute atomic E-state index is 5.33. The van der Waals surface area contributed by atoms with Crippen molar-refractivity contribution in [1.82, 2.24) is 0 Å². The van der Waals surface area contributed by atoms with E-state index in [9.17, 15) is 0 Å². The van der Waals surface area contributed by atoms with Crippen molar-refractivity contribution in [2.45, 2.75) is 95.8 Å². The summed E-state index contributed by atoms with van der Waals surface area (Å²) in [6.07, 6.45) is 12.9. The Hall–Kier alpha value is -1.40. The Bertz CT molecular complexity index is 1210. The molecule has 2 fully saturated rings. The number of para-hydroxylation sites is 2. The topological polar surface area (TPSA) is 31.2 Å². The van der Waals surface area contributed by atoms with Gasteiger partial charge in [-0.1, -0.05) is 50.7 Å². The average molecular weight is 572 g/mol. The lowest BCUT2D eigenvalue weighted by Crippen LogP contribution is -2.48. The third-order valence-corrected chi connectivity index (χ3v) is 9.49. The van der Waals surface area contributed by atoms with Crippen LogP contribution in [0.1, 0.15) is 78.1 Å². The van der Waals surface area contributed by atoms with Gasteiger partial charge in [0.2, 0.25) is 0 Å². The normalized spacial score (nSPS) is 22.3. The summed E-state index contributed by atoms with van der Waals surface area (Å²) in [5, 5.41) is 2.14. The van der Waals surface area contributed by atoms with Crippen LogP contribution in [0.15, 0.2) is 43.2 Å². The van der Waals surface area contributed by atoms with Crippen LogP contribution >= 0.6 is 31.9 Å². The van der Waals surface area contributed by atoms with Crippen LogP contribution in [0.3, 0.4) is 0 Å². The molecule has 0 saturated heterocycles. The fourth-order valence-electron chi connectivity index (χ4n) is 6.58. The molecular weight excluding hydrogens is 540 g/mol. The van der Waals surface area contributed by atoms with Crippen molar-refractivity contribution in [3.63, 3.8) is 0 Å². The smallest absolute Gasteiger partial charge is 0.127 e. The monoisotopic (exact) mass is 570 g/mol. The molecule has 2 saturated carbocycles. The van der Waals surface area contributed by atoms with Gasteiger partial charge in [0.05, 0.1) is 31.7 Å². The standard InChI is InChI=1S/C27H32Br2N4/c1-27(2)31-24-22(29)25-23(21(28)26(24)33(27)18-13-7-4-8-14-18)30-19-15-9-10-16-20(19)32(25)17-11-5-3-6-12-17/h9-10,15-18H,3-8,11-14H2,1-2H3. The first-order valence-corrected chi connectivity index (χ1v) is 14.2. The molecule has 6 rings (SSSR count). The first-order valence-electron chi connectivity index (χ1n) is 12.6. The van der Waals surface area contributed by atoms with Crippen LogP contribution in [0.2, 0.25) is 0 Å². The lowest BCUT2D eigenvalue weighted by Gasteiger charge is -2.42. The van der Waals surface area contributed by atoms with Crippen LogP contribution in [0.5, 0.6) is 0 Å². The molecule has 2 aliphatic heterocycles. The molecule has 0 spiro atoms. The van der Waals surface area contributed by atoms with Gasteiger partial charge in [0.25, 0.3) is 0 Å². The average Bonchev–Trinajstić information content (AvgIpc) is 3.13. The van der Waals surface area contributed by atoms with E-state index in [2.05, 4.69) is 79.8 Å². The van der Waals surface area contributed by atoms with E-state index in [1.54, 1.807) is 0 Å². The molecule has 33 heavy (non-hydrogen) atoms. The van der Waals surface area contributed by atoms with Crippen molar-refractivity contribution in [3.05, 3.63) is 43.9 Å². The van der Waals surface area contributed by atoms with Crippen LogP contribution in [0.4, 0.5) is 22.7 Å². The summed E-state index contributed by atoms with van der Waals surface area (Å²) >= 11 is 8.14. The molecule has 0 radical (unpaired) electrons. The minimum absolute atomic E-state index is 0.262. The third kappa shape index (κ3) is 3.50. The number of anilines is 3. The maximum atomic E-state index is 5.33. The Labute approximate surface area is 213 Å². The van der Waals surface area contributed by atoms with Crippen molar-refractivity contribution in [3.8, 4) is 0 Å². The quantitative estimate of drug-likeness (QED) is 0.374. The predicted molar refractivity (Wildman–Crippen MR) is 143 cm³/mol. The van der Waals surface area contributed by atoms with Gasteiger partial charge in [0, 0.05) is 12.1 Å². The summed E-state index contributed by atoms with van der Waals surface area (Å²) in [4.78, 5) is 15.7. The molecule has 0 unspecified atom stereocenters. The zero-order valence-corrected chi connectivity index (χ0v) is 22.8. The van der Waals surface area contributed by atoms with E-state index in [1.165, 1.54) is 81.3 Å². The van der Waals surface area contributed by atoms with Gasteiger partial charge in [-0.05, 0) is 83.5 Å². The van der Waals surface area contributed by atoms with Gasteiger partial charge < -0.3 is 9.80 Å². The van der Waals surface area contributed by atoms with Gasteiger partial charge in [-0.15, -0.1) is 0 Å². The molecule has 4 aliphatic rings. The van der Waals surface area contributed by atoms with Crippen molar-refractivity contribution in [2.75, 3.05) is 9.80 Å². The fourth-order valence-corrected chi connectivity index (χ4v) is 7.89. The van der Waals surface area contributed by atoms with Crippen molar-refractivity contribution < 1.29 is 0 Å². The van der Waals surface area contributed by atoms with Gasteiger partial charge in [-0.2, -0.15) is 0 Å². The van der Waals surface area contributed by atoms with Crippen LogP contribution in [0.25, 0.3) is 0 Å². The third-order valence-electron chi connectivity index (χ3n) is 7.99. The van der Waals surface area contributed by atoms with Gasteiger partial charge in [0.15, 0.2) is 0 Å². The highest BCUT2D eigenvalue weighted by Crippen LogP contribution is 2.46. The lowest BCUT2D eigenvalue weighted by molar-refractivity contribution is 0.353. The molecule has 0 bridgehead atoms.